The van der Waals surface area contributed by atoms with E-state index < -0.39 is 12.1 Å². The van der Waals surface area contributed by atoms with Crippen LogP contribution in [0.25, 0.3) is 0 Å². The van der Waals surface area contributed by atoms with Crippen molar-refractivity contribution in [1.82, 2.24) is 25.1 Å². The lowest BCUT2D eigenvalue weighted by Gasteiger charge is -2.30. The van der Waals surface area contributed by atoms with Crippen molar-refractivity contribution in [2.45, 2.75) is 96.9 Å². The number of alkyl carbamates (subject to hydrolysis) is 1. The number of benzene rings is 2. The van der Waals surface area contributed by atoms with Crippen LogP contribution >= 0.6 is 22.7 Å². The number of likely N-dealkylation sites (tertiary alicyclic amines) is 1. The van der Waals surface area contributed by atoms with E-state index in [1.807, 2.05) is 46.7 Å². The molecule has 1 saturated heterocycles. The third kappa shape index (κ3) is 11.5. The van der Waals surface area contributed by atoms with Gasteiger partial charge in [-0.15, -0.1) is 22.7 Å². The molecule has 4 atom stereocenters. The smallest absolute Gasteiger partial charge is 0.407 e. The number of amides is 3. The summed E-state index contributed by atoms with van der Waals surface area (Å²) in [5, 5.41) is 6.19. The molecule has 0 saturated carbocycles. The maximum atomic E-state index is 14.3. The number of carbonyl (C=O) groups excluding carboxylic acids is 3. The summed E-state index contributed by atoms with van der Waals surface area (Å²) in [7, 11) is 1.80. The highest BCUT2D eigenvalue weighted by Crippen LogP contribution is 2.31. The van der Waals surface area contributed by atoms with Gasteiger partial charge in [-0.1, -0.05) is 87.9 Å². The Bertz CT molecular complexity index is 1660. The summed E-state index contributed by atoms with van der Waals surface area (Å²) in [6.45, 7) is 7.54. The Labute approximate surface area is 310 Å². The molecule has 0 unspecified atom stereocenters. The Morgan fingerprint density at radius 3 is 2.33 bits per heavy atom. The van der Waals surface area contributed by atoms with Gasteiger partial charge in [-0.05, 0) is 55.1 Å². The first kappa shape index (κ1) is 38.1. The number of hydrogen-bond acceptors (Lipinski definition) is 8. The van der Waals surface area contributed by atoms with Crippen LogP contribution in [-0.2, 0) is 35.5 Å². The number of aromatic nitrogens is 2. The Hall–Kier alpha value is -4.09. The third-order valence-corrected chi connectivity index (χ3v) is 11.6. The van der Waals surface area contributed by atoms with Gasteiger partial charge in [0.25, 0.3) is 0 Å². The zero-order chi connectivity index (χ0) is 36.2. The lowest BCUT2D eigenvalue weighted by atomic mass is 9.86. The van der Waals surface area contributed by atoms with Gasteiger partial charge >= 0.3 is 12.1 Å². The summed E-state index contributed by atoms with van der Waals surface area (Å²) < 4.78 is 5.53. The molecule has 0 aliphatic carbocycles. The second kappa shape index (κ2) is 18.9. The third-order valence-electron chi connectivity index (χ3n) is 9.63. The van der Waals surface area contributed by atoms with Crippen molar-refractivity contribution in [3.8, 4) is 0 Å². The minimum atomic E-state index is -0.465. The first-order chi connectivity index (χ1) is 24.7. The predicted octanol–water partition coefficient (Wildman–Crippen LogP) is 8.51. The van der Waals surface area contributed by atoms with Crippen molar-refractivity contribution in [3.05, 3.63) is 104 Å². The molecule has 5 rings (SSSR count). The quantitative estimate of drug-likeness (QED) is 0.117. The van der Waals surface area contributed by atoms with Crippen LogP contribution < -0.4 is 5.32 Å². The molecule has 11 heteroatoms. The van der Waals surface area contributed by atoms with Crippen LogP contribution in [0.4, 0.5) is 9.59 Å². The van der Waals surface area contributed by atoms with E-state index in [1.165, 1.54) is 16.9 Å². The standard InChI is InChI=1S/C40H51N5O4S2/c1-5-29-20-36(45(23-29)40(48)44(4)24-34-26-50-38(42-34)28(2)3)37(46)21-32(18-30-12-8-6-9-13-30)16-17-33(19-31-14-10-7-11-15-31)43-39(47)49-25-35-22-41-27-51-35/h6-15,22,26-29,32-33,36H,5,16-21,23-25H2,1-4H3,(H,43,47)/t29-,32+,33+,36-/m0/s1. The first-order valence-corrected chi connectivity index (χ1v) is 19.8. The monoisotopic (exact) mass is 729 g/mol. The summed E-state index contributed by atoms with van der Waals surface area (Å²) >= 11 is 3.07. The molecule has 51 heavy (non-hydrogen) atoms. The maximum absolute atomic E-state index is 14.3. The van der Waals surface area contributed by atoms with Crippen LogP contribution in [0.15, 0.2) is 77.8 Å². The number of nitrogens with one attached hydrogen (secondary N) is 1. The summed E-state index contributed by atoms with van der Waals surface area (Å²) in [5.41, 5.74) is 4.88. The van der Waals surface area contributed by atoms with E-state index in [2.05, 4.69) is 55.3 Å². The lowest BCUT2D eigenvalue weighted by molar-refractivity contribution is -0.123. The molecule has 0 spiro atoms. The SMILES string of the molecule is CC[C@H]1C[C@@H](C(=O)C[C@H](CC[C@H](Cc2ccccc2)NC(=O)OCc2cncs2)Cc2ccccc2)N(C(=O)N(C)Cc2csc(C(C)C)n2)C1. The van der Waals surface area contributed by atoms with Crippen molar-refractivity contribution in [2.24, 2.45) is 11.8 Å². The second-order valence-electron chi connectivity index (χ2n) is 14.0. The molecule has 3 heterocycles. The normalized spacial score (nSPS) is 16.9. The maximum Gasteiger partial charge on any atom is 0.407 e. The zero-order valence-electron chi connectivity index (χ0n) is 30.2. The van der Waals surface area contributed by atoms with Crippen LogP contribution in [0.2, 0.25) is 0 Å². The minimum Gasteiger partial charge on any atom is -0.444 e. The van der Waals surface area contributed by atoms with Gasteiger partial charge in [-0.3, -0.25) is 9.78 Å². The van der Waals surface area contributed by atoms with Crippen LogP contribution in [0.5, 0.6) is 0 Å². The van der Waals surface area contributed by atoms with Gasteiger partial charge in [0.15, 0.2) is 5.78 Å². The Morgan fingerprint density at radius 2 is 1.71 bits per heavy atom. The molecule has 1 aliphatic rings. The molecule has 4 aromatic rings. The van der Waals surface area contributed by atoms with Gasteiger partial charge in [-0.2, -0.15) is 0 Å². The average Bonchev–Trinajstić information content (AvgIpc) is 3.92. The van der Waals surface area contributed by atoms with Gasteiger partial charge in [0.05, 0.1) is 33.7 Å². The highest BCUT2D eigenvalue weighted by atomic mass is 32.1. The molecule has 1 aliphatic heterocycles. The number of thiazole rings is 2. The van der Waals surface area contributed by atoms with Crippen LogP contribution in [0, 0.1) is 11.8 Å². The van der Waals surface area contributed by atoms with Crippen LogP contribution in [0.3, 0.4) is 0 Å². The molecule has 0 radical (unpaired) electrons. The molecule has 2 aromatic heterocycles. The number of ether oxygens (including phenoxy) is 1. The Kier molecular flexibility index (Phi) is 14.2. The van der Waals surface area contributed by atoms with E-state index in [0.717, 1.165) is 40.4 Å². The molecule has 9 nitrogen and oxygen atoms in total. The van der Waals surface area contributed by atoms with Crippen molar-refractivity contribution in [3.63, 3.8) is 0 Å². The van der Waals surface area contributed by atoms with Gasteiger partial charge in [0, 0.05) is 43.5 Å². The number of carbonyl (C=O) groups is 3. The van der Waals surface area contributed by atoms with Crippen molar-refractivity contribution in [2.75, 3.05) is 13.6 Å². The van der Waals surface area contributed by atoms with Gasteiger partial charge in [0.2, 0.25) is 0 Å². The topological polar surface area (TPSA) is 105 Å². The molecular weight excluding hydrogens is 679 g/mol. The van der Waals surface area contributed by atoms with E-state index in [0.29, 0.717) is 44.7 Å². The summed E-state index contributed by atoms with van der Waals surface area (Å²) in [5.74, 6) is 0.770. The predicted molar refractivity (Wildman–Crippen MR) is 204 cm³/mol. The Balaban J connectivity index is 1.27. The molecule has 1 N–H and O–H groups in total. The van der Waals surface area contributed by atoms with Gasteiger partial charge < -0.3 is 19.9 Å². The van der Waals surface area contributed by atoms with E-state index in [1.54, 1.807) is 35.0 Å². The largest absolute Gasteiger partial charge is 0.444 e. The van der Waals surface area contributed by atoms with E-state index in [4.69, 9.17) is 9.72 Å². The summed E-state index contributed by atoms with van der Waals surface area (Å²) in [4.78, 5) is 54.3. The zero-order valence-corrected chi connectivity index (χ0v) is 31.8. The number of urea groups is 1. The number of nitrogens with zero attached hydrogens (tertiary/aromatic N) is 4. The molecule has 272 valence electrons. The first-order valence-electron chi connectivity index (χ1n) is 18.1. The molecule has 1 fully saturated rings. The highest BCUT2D eigenvalue weighted by molar-refractivity contribution is 7.09. The fourth-order valence-electron chi connectivity index (χ4n) is 6.79. The van der Waals surface area contributed by atoms with Crippen molar-refractivity contribution < 1.29 is 19.1 Å². The average molecular weight is 730 g/mol. The van der Waals surface area contributed by atoms with E-state index in [9.17, 15) is 14.4 Å². The van der Waals surface area contributed by atoms with Crippen LogP contribution in [0.1, 0.15) is 85.5 Å². The van der Waals surface area contributed by atoms with E-state index in [-0.39, 0.29) is 36.3 Å². The number of ketones is 1. The van der Waals surface area contributed by atoms with Crippen molar-refractivity contribution >= 4 is 40.6 Å². The van der Waals surface area contributed by atoms with Crippen LogP contribution in [-0.4, -0.2) is 63.4 Å². The van der Waals surface area contributed by atoms with Gasteiger partial charge in [0.1, 0.15) is 6.61 Å². The summed E-state index contributed by atoms with van der Waals surface area (Å²) in [6.07, 6.45) is 5.99. The molecule has 0 bridgehead atoms. The number of rotatable bonds is 17. The van der Waals surface area contributed by atoms with Gasteiger partial charge in [-0.25, -0.2) is 14.6 Å². The summed E-state index contributed by atoms with van der Waals surface area (Å²) in [6, 6.07) is 19.6. The second-order valence-corrected chi connectivity index (χ2v) is 15.9. The Morgan fingerprint density at radius 1 is 1.00 bits per heavy atom. The fourth-order valence-corrected chi connectivity index (χ4v) is 8.12. The van der Waals surface area contributed by atoms with Crippen molar-refractivity contribution in [1.29, 1.82) is 0 Å². The molecule has 3 amide bonds. The lowest BCUT2D eigenvalue weighted by Crippen LogP contribution is -2.47. The molecule has 2 aromatic carbocycles. The number of Topliss-reactive ketones (excluding diaryl/α,β-unsaturated/α-hetero) is 1. The fraction of sp³-hybridized carbons (Fsp3) is 0.475. The number of hydrogen-bond donors (Lipinski definition) is 1. The highest BCUT2D eigenvalue weighted by Gasteiger charge is 2.40. The minimum absolute atomic E-state index is 0.0352. The molecular formula is C40H51N5O4S2. The van der Waals surface area contributed by atoms with E-state index >= 15 is 0 Å².